The van der Waals surface area contributed by atoms with Gasteiger partial charge in [0.15, 0.2) is 0 Å². The number of hydrogen-bond donors (Lipinski definition) is 1. The highest BCUT2D eigenvalue weighted by molar-refractivity contribution is 5.76. The van der Waals surface area contributed by atoms with Crippen molar-refractivity contribution in [2.45, 2.75) is 6.18 Å². The molecule has 0 bridgehead atoms. The van der Waals surface area contributed by atoms with Crippen LogP contribution in [0.2, 0.25) is 0 Å². The molecule has 0 aliphatic heterocycles. The molecule has 2 aromatic carbocycles. The maximum atomic E-state index is 13.1. The third kappa shape index (κ3) is 2.83. The van der Waals surface area contributed by atoms with Crippen molar-refractivity contribution in [2.24, 2.45) is 0 Å². The van der Waals surface area contributed by atoms with Crippen LogP contribution in [-0.2, 0) is 6.18 Å². The summed E-state index contributed by atoms with van der Waals surface area (Å²) >= 11 is 0. The summed E-state index contributed by atoms with van der Waals surface area (Å²) in [5.74, 6) is -1.65. The highest BCUT2D eigenvalue weighted by Crippen LogP contribution is 2.34. The molecular formula is C13H8F5N. The molecule has 0 atom stereocenters. The molecule has 0 spiro atoms. The fourth-order valence-electron chi connectivity index (χ4n) is 1.71. The smallest absolute Gasteiger partial charge is 0.398 e. The van der Waals surface area contributed by atoms with E-state index in [2.05, 4.69) is 0 Å². The number of halogens is 5. The number of hydrogen-bond acceptors (Lipinski definition) is 1. The van der Waals surface area contributed by atoms with Gasteiger partial charge < -0.3 is 5.73 Å². The average Bonchev–Trinajstić information content (AvgIpc) is 2.26. The monoisotopic (exact) mass is 273 g/mol. The summed E-state index contributed by atoms with van der Waals surface area (Å²) < 4.78 is 63.5. The SMILES string of the molecule is Nc1cc(C(F)(F)F)ccc1-c1cc(F)cc(F)c1. The molecule has 2 rings (SSSR count). The fraction of sp³-hybridized carbons (Fsp3) is 0.0769. The lowest BCUT2D eigenvalue weighted by Gasteiger charge is -2.11. The van der Waals surface area contributed by atoms with Crippen LogP contribution in [-0.4, -0.2) is 0 Å². The van der Waals surface area contributed by atoms with E-state index < -0.39 is 23.4 Å². The third-order valence-corrected chi connectivity index (χ3v) is 2.55. The van der Waals surface area contributed by atoms with Gasteiger partial charge in [-0.05, 0) is 29.8 Å². The van der Waals surface area contributed by atoms with Gasteiger partial charge in [0.2, 0.25) is 0 Å². The molecule has 0 aliphatic rings. The first kappa shape index (κ1) is 13.3. The highest BCUT2D eigenvalue weighted by atomic mass is 19.4. The van der Waals surface area contributed by atoms with Gasteiger partial charge in [-0.2, -0.15) is 13.2 Å². The zero-order valence-electron chi connectivity index (χ0n) is 9.43. The van der Waals surface area contributed by atoms with Gasteiger partial charge in [0.25, 0.3) is 0 Å². The van der Waals surface area contributed by atoms with E-state index in [0.29, 0.717) is 6.07 Å². The van der Waals surface area contributed by atoms with E-state index in [-0.39, 0.29) is 16.8 Å². The molecule has 0 unspecified atom stereocenters. The molecule has 0 fully saturated rings. The zero-order chi connectivity index (χ0) is 14.2. The number of rotatable bonds is 1. The Morgan fingerprint density at radius 1 is 0.842 bits per heavy atom. The Bertz CT molecular complexity index is 599. The van der Waals surface area contributed by atoms with E-state index in [1.54, 1.807) is 0 Å². The van der Waals surface area contributed by atoms with Crippen molar-refractivity contribution in [3.05, 3.63) is 53.6 Å². The maximum Gasteiger partial charge on any atom is 0.416 e. The molecule has 2 N–H and O–H groups in total. The van der Waals surface area contributed by atoms with Crippen LogP contribution < -0.4 is 5.73 Å². The lowest BCUT2D eigenvalue weighted by atomic mass is 10.0. The number of anilines is 1. The second-order valence-electron chi connectivity index (χ2n) is 3.96. The maximum absolute atomic E-state index is 13.1. The Kier molecular flexibility index (Phi) is 3.18. The summed E-state index contributed by atoms with van der Waals surface area (Å²) in [4.78, 5) is 0. The van der Waals surface area contributed by atoms with Gasteiger partial charge in [0, 0.05) is 17.3 Å². The molecule has 100 valence electrons. The first-order valence-corrected chi connectivity index (χ1v) is 5.20. The van der Waals surface area contributed by atoms with Crippen LogP contribution in [0.15, 0.2) is 36.4 Å². The highest BCUT2D eigenvalue weighted by Gasteiger charge is 2.30. The molecule has 0 saturated heterocycles. The van der Waals surface area contributed by atoms with Crippen LogP contribution in [0.1, 0.15) is 5.56 Å². The minimum absolute atomic E-state index is 0.0868. The molecular weight excluding hydrogens is 265 g/mol. The van der Waals surface area contributed by atoms with Crippen LogP contribution in [0.25, 0.3) is 11.1 Å². The molecule has 0 amide bonds. The Labute approximate surface area is 105 Å². The minimum Gasteiger partial charge on any atom is -0.398 e. The van der Waals surface area contributed by atoms with Gasteiger partial charge in [-0.3, -0.25) is 0 Å². The van der Waals surface area contributed by atoms with E-state index in [1.807, 2.05) is 0 Å². The van der Waals surface area contributed by atoms with Crippen molar-refractivity contribution in [1.82, 2.24) is 0 Å². The van der Waals surface area contributed by atoms with E-state index in [0.717, 1.165) is 30.3 Å². The lowest BCUT2D eigenvalue weighted by molar-refractivity contribution is -0.137. The Hall–Kier alpha value is -2.11. The van der Waals surface area contributed by atoms with Crippen LogP contribution in [0, 0.1) is 11.6 Å². The average molecular weight is 273 g/mol. The van der Waals surface area contributed by atoms with Crippen molar-refractivity contribution >= 4 is 5.69 Å². The van der Waals surface area contributed by atoms with Crippen molar-refractivity contribution in [3.63, 3.8) is 0 Å². The molecule has 0 heterocycles. The second kappa shape index (κ2) is 4.53. The summed E-state index contributed by atoms with van der Waals surface area (Å²) in [7, 11) is 0. The van der Waals surface area contributed by atoms with Gasteiger partial charge in [-0.25, -0.2) is 8.78 Å². The van der Waals surface area contributed by atoms with E-state index in [1.165, 1.54) is 0 Å². The predicted octanol–water partition coefficient (Wildman–Crippen LogP) is 4.23. The summed E-state index contributed by atoms with van der Waals surface area (Å²) in [6.45, 7) is 0. The zero-order valence-corrected chi connectivity index (χ0v) is 9.43. The molecule has 0 saturated carbocycles. The first-order chi connectivity index (χ1) is 8.77. The molecule has 2 aromatic rings. The molecule has 19 heavy (non-hydrogen) atoms. The molecule has 1 nitrogen and oxygen atoms in total. The largest absolute Gasteiger partial charge is 0.416 e. The fourth-order valence-corrected chi connectivity index (χ4v) is 1.71. The van der Waals surface area contributed by atoms with E-state index in [9.17, 15) is 22.0 Å². The summed E-state index contributed by atoms with van der Waals surface area (Å²) in [6.07, 6.45) is -4.51. The van der Waals surface area contributed by atoms with Crippen molar-refractivity contribution in [1.29, 1.82) is 0 Å². The van der Waals surface area contributed by atoms with Crippen molar-refractivity contribution in [3.8, 4) is 11.1 Å². The Morgan fingerprint density at radius 3 is 1.89 bits per heavy atom. The molecule has 0 aromatic heterocycles. The first-order valence-electron chi connectivity index (χ1n) is 5.20. The molecule has 0 radical (unpaired) electrons. The molecule has 0 aliphatic carbocycles. The Balaban J connectivity index is 2.52. The van der Waals surface area contributed by atoms with E-state index in [4.69, 9.17) is 5.73 Å². The van der Waals surface area contributed by atoms with Gasteiger partial charge in [-0.1, -0.05) is 6.07 Å². The predicted molar refractivity (Wildman–Crippen MR) is 61.2 cm³/mol. The number of alkyl halides is 3. The van der Waals surface area contributed by atoms with E-state index >= 15 is 0 Å². The van der Waals surface area contributed by atoms with Gasteiger partial charge in [-0.15, -0.1) is 0 Å². The normalized spacial score (nSPS) is 11.6. The Morgan fingerprint density at radius 2 is 1.42 bits per heavy atom. The topological polar surface area (TPSA) is 26.0 Å². The van der Waals surface area contributed by atoms with Gasteiger partial charge >= 0.3 is 6.18 Å². The summed E-state index contributed by atoms with van der Waals surface area (Å²) in [6, 6.07) is 5.31. The summed E-state index contributed by atoms with van der Waals surface area (Å²) in [5.41, 5.74) is 4.63. The van der Waals surface area contributed by atoms with Crippen molar-refractivity contribution < 1.29 is 22.0 Å². The second-order valence-corrected chi connectivity index (χ2v) is 3.96. The summed E-state index contributed by atoms with van der Waals surface area (Å²) in [5, 5.41) is 0. The quantitative estimate of drug-likeness (QED) is 0.610. The van der Waals surface area contributed by atoms with Crippen LogP contribution in [0.3, 0.4) is 0 Å². The molecule has 6 heteroatoms. The standard InChI is InChI=1S/C13H8F5N/c14-9-3-7(4-10(15)6-9)11-2-1-8(5-12(11)19)13(16,17)18/h1-6H,19H2. The van der Waals surface area contributed by atoms with Crippen LogP contribution in [0.5, 0.6) is 0 Å². The van der Waals surface area contributed by atoms with Crippen LogP contribution >= 0.6 is 0 Å². The minimum atomic E-state index is -4.51. The lowest BCUT2D eigenvalue weighted by Crippen LogP contribution is -2.06. The van der Waals surface area contributed by atoms with Gasteiger partial charge in [0.1, 0.15) is 11.6 Å². The van der Waals surface area contributed by atoms with Crippen LogP contribution in [0.4, 0.5) is 27.6 Å². The number of benzene rings is 2. The van der Waals surface area contributed by atoms with Gasteiger partial charge in [0.05, 0.1) is 5.56 Å². The number of nitrogens with two attached hydrogens (primary N) is 1. The van der Waals surface area contributed by atoms with Crippen molar-refractivity contribution in [2.75, 3.05) is 5.73 Å². The third-order valence-electron chi connectivity index (χ3n) is 2.55. The number of nitrogen functional groups attached to an aromatic ring is 1.